The van der Waals surface area contributed by atoms with Gasteiger partial charge in [0.15, 0.2) is 0 Å². The number of nitrogens with two attached hydrogens (primary N) is 1. The summed E-state index contributed by atoms with van der Waals surface area (Å²) in [5.74, 6) is 1.57. The van der Waals surface area contributed by atoms with Crippen molar-refractivity contribution in [3.05, 3.63) is 12.2 Å². The van der Waals surface area contributed by atoms with Gasteiger partial charge in [-0.25, -0.2) is 9.67 Å². The lowest BCUT2D eigenvalue weighted by Crippen LogP contribution is -2.39. The SMILES string of the molecule is CC(C)Cn1ncnc1CN1CCCC1C(N)=S. The van der Waals surface area contributed by atoms with Crippen LogP contribution in [-0.2, 0) is 13.1 Å². The molecule has 1 aliphatic rings. The quantitative estimate of drug-likeness (QED) is 0.812. The Bertz CT molecular complexity index is 414. The molecule has 1 saturated heterocycles. The van der Waals surface area contributed by atoms with Crippen molar-refractivity contribution in [3.8, 4) is 0 Å². The zero-order valence-electron chi connectivity index (χ0n) is 11.0. The van der Waals surface area contributed by atoms with Crippen molar-refractivity contribution in [2.45, 2.75) is 45.8 Å². The van der Waals surface area contributed by atoms with E-state index in [-0.39, 0.29) is 6.04 Å². The van der Waals surface area contributed by atoms with E-state index in [0.29, 0.717) is 10.9 Å². The van der Waals surface area contributed by atoms with Crippen LogP contribution in [0.15, 0.2) is 6.33 Å². The topological polar surface area (TPSA) is 60.0 Å². The van der Waals surface area contributed by atoms with Crippen LogP contribution >= 0.6 is 12.2 Å². The summed E-state index contributed by atoms with van der Waals surface area (Å²) in [6, 6.07) is 0.226. The average molecular weight is 267 g/mol. The predicted molar refractivity (Wildman–Crippen MR) is 75.1 cm³/mol. The van der Waals surface area contributed by atoms with Crippen LogP contribution in [0.1, 0.15) is 32.5 Å². The van der Waals surface area contributed by atoms with Crippen LogP contribution < -0.4 is 5.73 Å². The van der Waals surface area contributed by atoms with Gasteiger partial charge in [-0.1, -0.05) is 26.1 Å². The van der Waals surface area contributed by atoms with Crippen LogP contribution in [0.5, 0.6) is 0 Å². The Balaban J connectivity index is 2.05. The van der Waals surface area contributed by atoms with Crippen LogP contribution in [0.3, 0.4) is 0 Å². The summed E-state index contributed by atoms with van der Waals surface area (Å²) in [7, 11) is 0. The van der Waals surface area contributed by atoms with E-state index in [1.54, 1.807) is 6.33 Å². The summed E-state index contributed by atoms with van der Waals surface area (Å²) in [5.41, 5.74) is 5.78. The first kappa shape index (κ1) is 13.4. The van der Waals surface area contributed by atoms with Crippen LogP contribution in [0.4, 0.5) is 0 Å². The number of hydrogen-bond donors (Lipinski definition) is 1. The number of hydrogen-bond acceptors (Lipinski definition) is 4. The zero-order chi connectivity index (χ0) is 13.1. The molecule has 0 aliphatic carbocycles. The maximum atomic E-state index is 5.78. The van der Waals surface area contributed by atoms with Crippen LogP contribution in [0, 0.1) is 5.92 Å². The normalized spacial score (nSPS) is 20.7. The standard InChI is InChI=1S/C12H21N5S/c1-9(2)6-17-11(14-8-15-17)7-16-5-3-4-10(16)12(13)18/h8-10H,3-7H2,1-2H3,(H2,13,18). The maximum absolute atomic E-state index is 5.78. The highest BCUT2D eigenvalue weighted by Crippen LogP contribution is 2.19. The number of likely N-dealkylation sites (tertiary alicyclic amines) is 1. The van der Waals surface area contributed by atoms with E-state index in [1.807, 2.05) is 4.68 Å². The van der Waals surface area contributed by atoms with E-state index >= 15 is 0 Å². The largest absolute Gasteiger partial charge is 0.392 e. The lowest BCUT2D eigenvalue weighted by molar-refractivity contribution is 0.277. The Morgan fingerprint density at radius 1 is 1.61 bits per heavy atom. The molecular formula is C12H21N5S. The van der Waals surface area contributed by atoms with Crippen molar-refractivity contribution >= 4 is 17.2 Å². The molecule has 0 aromatic carbocycles. The minimum absolute atomic E-state index is 0.226. The highest BCUT2D eigenvalue weighted by Gasteiger charge is 2.27. The summed E-state index contributed by atoms with van der Waals surface area (Å²) in [6.07, 6.45) is 3.84. The van der Waals surface area contributed by atoms with Crippen molar-refractivity contribution in [3.63, 3.8) is 0 Å². The molecule has 1 unspecified atom stereocenters. The van der Waals surface area contributed by atoms with Gasteiger partial charge in [0.25, 0.3) is 0 Å². The second-order valence-corrected chi connectivity index (χ2v) is 5.75. The van der Waals surface area contributed by atoms with Crippen molar-refractivity contribution in [2.24, 2.45) is 11.7 Å². The summed E-state index contributed by atoms with van der Waals surface area (Å²) in [6.45, 7) is 7.09. The van der Waals surface area contributed by atoms with Gasteiger partial charge < -0.3 is 5.73 Å². The van der Waals surface area contributed by atoms with Gasteiger partial charge >= 0.3 is 0 Å². The molecule has 0 spiro atoms. The van der Waals surface area contributed by atoms with Gasteiger partial charge in [0.2, 0.25) is 0 Å². The molecule has 2 rings (SSSR count). The Kier molecular flexibility index (Phi) is 4.29. The van der Waals surface area contributed by atoms with E-state index < -0.39 is 0 Å². The molecule has 100 valence electrons. The fourth-order valence-electron chi connectivity index (χ4n) is 2.43. The molecule has 0 radical (unpaired) electrons. The maximum Gasteiger partial charge on any atom is 0.141 e. The lowest BCUT2D eigenvalue weighted by atomic mass is 10.2. The van der Waals surface area contributed by atoms with E-state index in [9.17, 15) is 0 Å². The Morgan fingerprint density at radius 3 is 3.06 bits per heavy atom. The van der Waals surface area contributed by atoms with Crippen molar-refractivity contribution in [1.82, 2.24) is 19.7 Å². The Morgan fingerprint density at radius 2 is 2.39 bits per heavy atom. The first-order valence-electron chi connectivity index (χ1n) is 6.48. The first-order valence-corrected chi connectivity index (χ1v) is 6.88. The fourth-order valence-corrected chi connectivity index (χ4v) is 2.70. The molecular weight excluding hydrogens is 246 g/mol. The predicted octanol–water partition coefficient (Wildman–Crippen LogP) is 1.18. The van der Waals surface area contributed by atoms with Gasteiger partial charge in [0.05, 0.1) is 17.6 Å². The molecule has 1 aliphatic heterocycles. The molecule has 0 bridgehead atoms. The van der Waals surface area contributed by atoms with Crippen LogP contribution in [0.2, 0.25) is 0 Å². The third-order valence-electron chi connectivity index (χ3n) is 3.27. The van der Waals surface area contributed by atoms with Crippen molar-refractivity contribution in [2.75, 3.05) is 6.54 Å². The molecule has 2 heterocycles. The monoisotopic (exact) mass is 267 g/mol. The van der Waals surface area contributed by atoms with E-state index in [0.717, 1.165) is 38.3 Å². The molecule has 5 nitrogen and oxygen atoms in total. The highest BCUT2D eigenvalue weighted by atomic mass is 32.1. The molecule has 1 fully saturated rings. The summed E-state index contributed by atoms with van der Waals surface area (Å²) in [5, 5.41) is 4.28. The van der Waals surface area contributed by atoms with E-state index in [1.165, 1.54) is 0 Å². The smallest absolute Gasteiger partial charge is 0.141 e. The summed E-state index contributed by atoms with van der Waals surface area (Å²) in [4.78, 5) is 7.26. The van der Waals surface area contributed by atoms with Crippen LogP contribution in [-0.4, -0.2) is 37.2 Å². The van der Waals surface area contributed by atoms with Crippen LogP contribution in [0.25, 0.3) is 0 Å². The minimum Gasteiger partial charge on any atom is -0.392 e. The molecule has 1 aromatic rings. The third-order valence-corrected chi connectivity index (χ3v) is 3.54. The summed E-state index contributed by atoms with van der Waals surface area (Å²) >= 11 is 5.12. The number of rotatable bonds is 5. The van der Waals surface area contributed by atoms with Crippen molar-refractivity contribution < 1.29 is 0 Å². The molecule has 0 amide bonds. The first-order chi connectivity index (χ1) is 8.58. The molecule has 0 saturated carbocycles. The Hall–Kier alpha value is -1.01. The zero-order valence-corrected chi connectivity index (χ0v) is 11.9. The van der Waals surface area contributed by atoms with Crippen molar-refractivity contribution in [1.29, 1.82) is 0 Å². The third kappa shape index (κ3) is 3.05. The fraction of sp³-hybridized carbons (Fsp3) is 0.750. The van der Waals surface area contributed by atoms with Gasteiger partial charge in [0, 0.05) is 6.54 Å². The molecule has 1 atom stereocenters. The number of nitrogens with zero attached hydrogens (tertiary/aromatic N) is 4. The van der Waals surface area contributed by atoms with Gasteiger partial charge in [0.1, 0.15) is 12.2 Å². The second-order valence-electron chi connectivity index (χ2n) is 5.28. The second kappa shape index (κ2) is 5.75. The van der Waals surface area contributed by atoms with Gasteiger partial charge in [-0.05, 0) is 25.3 Å². The van der Waals surface area contributed by atoms with Gasteiger partial charge in [-0.2, -0.15) is 5.10 Å². The molecule has 2 N–H and O–H groups in total. The number of thiocarbonyl (C=S) groups is 1. The molecule has 18 heavy (non-hydrogen) atoms. The minimum atomic E-state index is 0.226. The highest BCUT2D eigenvalue weighted by molar-refractivity contribution is 7.80. The Labute approximate surface area is 113 Å². The van der Waals surface area contributed by atoms with Gasteiger partial charge in [-0.3, -0.25) is 4.90 Å². The molecule has 1 aromatic heterocycles. The lowest BCUT2D eigenvalue weighted by Gasteiger charge is -2.23. The van der Waals surface area contributed by atoms with E-state index in [2.05, 4.69) is 28.8 Å². The number of aromatic nitrogens is 3. The van der Waals surface area contributed by atoms with E-state index in [4.69, 9.17) is 18.0 Å². The summed E-state index contributed by atoms with van der Waals surface area (Å²) < 4.78 is 1.99. The average Bonchev–Trinajstić information content (AvgIpc) is 2.88. The van der Waals surface area contributed by atoms with Gasteiger partial charge in [-0.15, -0.1) is 0 Å². The molecule has 6 heteroatoms.